The number of nitrogens with two attached hydrogens (primary N) is 1. The second kappa shape index (κ2) is 4.21. The van der Waals surface area contributed by atoms with Gasteiger partial charge in [-0.1, -0.05) is 6.92 Å². The molecule has 1 heterocycles. The summed E-state index contributed by atoms with van der Waals surface area (Å²) in [5.74, 6) is 1.70. The van der Waals surface area contributed by atoms with Crippen LogP contribution in [0.5, 0.6) is 5.75 Å². The van der Waals surface area contributed by atoms with Crippen LogP contribution in [0.15, 0.2) is 23.2 Å². The molecule has 3 N–H and O–H groups in total. The highest BCUT2D eigenvalue weighted by molar-refractivity contribution is 5.99. The fourth-order valence-electron chi connectivity index (χ4n) is 1.44. The summed E-state index contributed by atoms with van der Waals surface area (Å²) in [5, 5.41) is 3.22. The third kappa shape index (κ3) is 2.21. The van der Waals surface area contributed by atoms with Gasteiger partial charge in [-0.15, -0.1) is 0 Å². The van der Waals surface area contributed by atoms with E-state index >= 15 is 0 Å². The van der Waals surface area contributed by atoms with Crippen LogP contribution in [0, 0.1) is 0 Å². The zero-order chi connectivity index (χ0) is 10.7. The first-order valence-electron chi connectivity index (χ1n) is 5.12. The average Bonchev–Trinajstić information content (AvgIpc) is 2.25. The zero-order valence-electron chi connectivity index (χ0n) is 8.79. The Labute approximate surface area is 89.1 Å². The van der Waals surface area contributed by atoms with Gasteiger partial charge in [0.1, 0.15) is 18.2 Å². The van der Waals surface area contributed by atoms with Crippen molar-refractivity contribution in [2.75, 3.05) is 24.2 Å². The van der Waals surface area contributed by atoms with Crippen LogP contribution in [0.2, 0.25) is 0 Å². The van der Waals surface area contributed by atoms with Gasteiger partial charge in [0.2, 0.25) is 0 Å². The second-order valence-corrected chi connectivity index (χ2v) is 3.50. The lowest BCUT2D eigenvalue weighted by Gasteiger charge is -2.20. The van der Waals surface area contributed by atoms with Gasteiger partial charge in [-0.05, 0) is 24.6 Å². The van der Waals surface area contributed by atoms with Gasteiger partial charge in [-0.3, -0.25) is 4.99 Å². The molecule has 1 aliphatic heterocycles. The van der Waals surface area contributed by atoms with Gasteiger partial charge in [-0.25, -0.2) is 0 Å². The minimum atomic E-state index is 0.511. The first kappa shape index (κ1) is 9.83. The van der Waals surface area contributed by atoms with E-state index in [-0.39, 0.29) is 0 Å². The topological polar surface area (TPSA) is 59.6 Å². The third-order valence-corrected chi connectivity index (χ3v) is 2.17. The van der Waals surface area contributed by atoms with Crippen molar-refractivity contribution in [2.24, 2.45) is 4.99 Å². The van der Waals surface area contributed by atoms with Crippen molar-refractivity contribution in [2.45, 2.75) is 13.3 Å². The summed E-state index contributed by atoms with van der Waals surface area (Å²) in [7, 11) is 0. The molecule has 15 heavy (non-hydrogen) atoms. The highest BCUT2D eigenvalue weighted by Crippen LogP contribution is 2.29. The summed E-state index contributed by atoms with van der Waals surface area (Å²) in [6.45, 7) is 3.43. The van der Waals surface area contributed by atoms with Crippen molar-refractivity contribution in [3.05, 3.63) is 18.2 Å². The smallest absolute Gasteiger partial charge is 0.145 e. The van der Waals surface area contributed by atoms with Gasteiger partial charge in [0.05, 0.1) is 5.69 Å². The van der Waals surface area contributed by atoms with Gasteiger partial charge in [0.15, 0.2) is 0 Å². The van der Waals surface area contributed by atoms with Crippen LogP contribution in [-0.4, -0.2) is 19.0 Å². The lowest BCUT2D eigenvalue weighted by molar-refractivity contribution is 0.372. The first-order valence-corrected chi connectivity index (χ1v) is 5.12. The number of ether oxygens (including phenoxy) is 1. The number of hydrogen-bond donors (Lipinski definition) is 2. The highest BCUT2D eigenvalue weighted by atomic mass is 16.5. The van der Waals surface area contributed by atoms with E-state index in [1.165, 1.54) is 0 Å². The number of aliphatic imine (C=N–C) groups is 1. The Morgan fingerprint density at radius 1 is 1.53 bits per heavy atom. The molecule has 2 rings (SSSR count). The Morgan fingerprint density at radius 3 is 3.20 bits per heavy atom. The molecule has 0 fully saturated rings. The molecule has 0 spiro atoms. The number of benzene rings is 1. The number of fused-ring (bicyclic) bond motifs is 1. The Balaban J connectivity index is 2.18. The number of hydrogen-bond acceptors (Lipinski definition) is 3. The lowest BCUT2D eigenvalue weighted by atomic mass is 10.2. The fraction of sp³-hybridized carbons (Fsp3) is 0.364. The molecule has 4 heteroatoms. The van der Waals surface area contributed by atoms with Gasteiger partial charge in [0.25, 0.3) is 0 Å². The minimum absolute atomic E-state index is 0.511. The number of nitrogen functional groups attached to an aromatic ring is 1. The third-order valence-electron chi connectivity index (χ3n) is 2.17. The number of rotatable bonds is 2. The number of nitrogens with zero attached hydrogens (tertiary/aromatic N) is 1. The molecule has 0 saturated heterocycles. The molecule has 0 saturated carbocycles. The molecule has 4 nitrogen and oxygen atoms in total. The molecular weight excluding hydrogens is 190 g/mol. The van der Waals surface area contributed by atoms with Crippen molar-refractivity contribution < 1.29 is 4.74 Å². The molecule has 80 valence electrons. The molecule has 0 unspecified atom stereocenters. The van der Waals surface area contributed by atoms with E-state index in [1.807, 2.05) is 18.2 Å². The number of nitrogens with one attached hydrogen (secondary N) is 1. The molecule has 0 radical (unpaired) electrons. The van der Waals surface area contributed by atoms with E-state index in [9.17, 15) is 0 Å². The molecule has 0 atom stereocenters. The Kier molecular flexibility index (Phi) is 2.76. The molecule has 1 aromatic rings. The molecule has 0 aromatic heterocycles. The normalized spacial score (nSPS) is 16.7. The molecule has 0 bridgehead atoms. The fourth-order valence-corrected chi connectivity index (χ4v) is 1.44. The predicted molar refractivity (Wildman–Crippen MR) is 62.6 cm³/mol. The summed E-state index contributed by atoms with van der Waals surface area (Å²) < 4.78 is 5.54. The Morgan fingerprint density at radius 2 is 2.40 bits per heavy atom. The van der Waals surface area contributed by atoms with E-state index in [4.69, 9.17) is 10.5 Å². The second-order valence-electron chi connectivity index (χ2n) is 3.50. The monoisotopic (exact) mass is 205 g/mol. The van der Waals surface area contributed by atoms with E-state index in [0.717, 1.165) is 35.9 Å². The summed E-state index contributed by atoms with van der Waals surface area (Å²) >= 11 is 0. The van der Waals surface area contributed by atoms with Gasteiger partial charge in [0, 0.05) is 12.2 Å². The van der Waals surface area contributed by atoms with Crippen LogP contribution in [0.4, 0.5) is 11.4 Å². The van der Waals surface area contributed by atoms with E-state index in [0.29, 0.717) is 6.61 Å². The van der Waals surface area contributed by atoms with Crippen molar-refractivity contribution in [1.82, 2.24) is 0 Å². The molecule has 0 aliphatic carbocycles. The minimum Gasteiger partial charge on any atom is -0.484 e. The maximum absolute atomic E-state index is 5.69. The van der Waals surface area contributed by atoms with E-state index < -0.39 is 0 Å². The van der Waals surface area contributed by atoms with Crippen LogP contribution in [0.1, 0.15) is 13.3 Å². The van der Waals surface area contributed by atoms with Gasteiger partial charge >= 0.3 is 0 Å². The Bertz CT molecular complexity index is 387. The standard InChI is InChI=1S/C11H15N3O/c1-2-5-13-11-7-15-10-4-3-8(12)6-9(10)14-11/h3-4,6H,2,5,7,12H2,1H3,(H,13,14). The average molecular weight is 205 g/mol. The molecule has 1 aromatic carbocycles. The van der Waals surface area contributed by atoms with Gasteiger partial charge in [-0.2, -0.15) is 0 Å². The maximum atomic E-state index is 5.69. The van der Waals surface area contributed by atoms with E-state index in [2.05, 4.69) is 17.2 Å². The van der Waals surface area contributed by atoms with Crippen molar-refractivity contribution >= 4 is 17.2 Å². The van der Waals surface area contributed by atoms with Crippen molar-refractivity contribution in [1.29, 1.82) is 0 Å². The van der Waals surface area contributed by atoms with Gasteiger partial charge < -0.3 is 15.8 Å². The first-order chi connectivity index (χ1) is 7.29. The molecular formula is C11H15N3O. The molecule has 0 amide bonds. The van der Waals surface area contributed by atoms with Crippen LogP contribution >= 0.6 is 0 Å². The van der Waals surface area contributed by atoms with Crippen LogP contribution < -0.4 is 15.8 Å². The van der Waals surface area contributed by atoms with Crippen molar-refractivity contribution in [3.8, 4) is 5.75 Å². The number of amidine groups is 1. The van der Waals surface area contributed by atoms with Crippen LogP contribution in [0.3, 0.4) is 0 Å². The lowest BCUT2D eigenvalue weighted by Crippen LogP contribution is -2.26. The maximum Gasteiger partial charge on any atom is 0.145 e. The van der Waals surface area contributed by atoms with Crippen molar-refractivity contribution in [3.63, 3.8) is 0 Å². The quantitative estimate of drug-likeness (QED) is 0.725. The largest absolute Gasteiger partial charge is 0.484 e. The van der Waals surface area contributed by atoms with Crippen LogP contribution in [-0.2, 0) is 0 Å². The summed E-state index contributed by atoms with van der Waals surface area (Å²) in [5.41, 5.74) is 7.31. The summed E-state index contributed by atoms with van der Waals surface area (Å²) in [6.07, 6.45) is 1.04. The zero-order valence-corrected chi connectivity index (χ0v) is 8.79. The predicted octanol–water partition coefficient (Wildman–Crippen LogP) is 1.88. The highest BCUT2D eigenvalue weighted by Gasteiger charge is 2.13. The Hall–Kier alpha value is -1.71. The van der Waals surface area contributed by atoms with E-state index in [1.54, 1.807) is 0 Å². The number of anilines is 2. The van der Waals surface area contributed by atoms with Crippen LogP contribution in [0.25, 0.3) is 0 Å². The summed E-state index contributed by atoms with van der Waals surface area (Å²) in [6, 6.07) is 5.55. The summed E-state index contributed by atoms with van der Waals surface area (Å²) in [4.78, 5) is 4.37. The molecule has 1 aliphatic rings. The SMILES string of the molecule is CCCN=C1COc2ccc(N)cc2N1.